The summed E-state index contributed by atoms with van der Waals surface area (Å²) in [5.41, 5.74) is 2.92. The van der Waals surface area contributed by atoms with E-state index in [-0.39, 0.29) is 0 Å². The number of benzene rings is 1. The Hall–Kier alpha value is -1.85. The molecule has 1 aromatic carbocycles. The van der Waals surface area contributed by atoms with E-state index in [9.17, 15) is 4.79 Å². The van der Waals surface area contributed by atoms with Crippen LogP contribution in [0.2, 0.25) is 5.02 Å². The van der Waals surface area contributed by atoms with Gasteiger partial charge >= 0.3 is 5.97 Å². The van der Waals surface area contributed by atoms with Crippen LogP contribution in [0, 0.1) is 6.92 Å². The molecule has 0 amide bonds. The molecule has 0 aliphatic rings. The number of rotatable bonds is 6. The van der Waals surface area contributed by atoms with E-state index in [1.54, 1.807) is 16.8 Å². The molecule has 0 bridgehead atoms. The van der Waals surface area contributed by atoms with Gasteiger partial charge < -0.3 is 10.4 Å². The molecule has 0 radical (unpaired) electrons. The molecule has 21 heavy (non-hydrogen) atoms. The van der Waals surface area contributed by atoms with Crippen LogP contribution in [0.1, 0.15) is 27.3 Å². The average molecular weight is 308 g/mol. The lowest BCUT2D eigenvalue weighted by molar-refractivity contribution is 0.0695. The fourth-order valence-electron chi connectivity index (χ4n) is 2.25. The predicted molar refractivity (Wildman–Crippen MR) is 81.8 cm³/mol. The molecule has 0 atom stereocenters. The van der Waals surface area contributed by atoms with Crippen molar-refractivity contribution in [2.75, 3.05) is 6.54 Å². The summed E-state index contributed by atoms with van der Waals surface area (Å²) in [6.07, 6.45) is 0.650. The van der Waals surface area contributed by atoms with E-state index in [4.69, 9.17) is 16.7 Å². The highest BCUT2D eigenvalue weighted by molar-refractivity contribution is 6.31. The second-order valence-corrected chi connectivity index (χ2v) is 5.24. The van der Waals surface area contributed by atoms with Gasteiger partial charge in [-0.3, -0.25) is 4.68 Å². The monoisotopic (exact) mass is 307 g/mol. The fourth-order valence-corrected chi connectivity index (χ4v) is 2.48. The number of aromatic nitrogens is 2. The number of hydrogen-bond acceptors (Lipinski definition) is 3. The van der Waals surface area contributed by atoms with Gasteiger partial charge in [-0.2, -0.15) is 5.10 Å². The van der Waals surface area contributed by atoms with Crippen molar-refractivity contribution in [1.29, 1.82) is 0 Å². The van der Waals surface area contributed by atoms with Crippen LogP contribution in [0.5, 0.6) is 0 Å². The van der Waals surface area contributed by atoms with E-state index >= 15 is 0 Å². The molecule has 2 rings (SSSR count). The zero-order valence-electron chi connectivity index (χ0n) is 12.1. The molecule has 0 aliphatic carbocycles. The molecule has 1 heterocycles. The summed E-state index contributed by atoms with van der Waals surface area (Å²) in [4.78, 5) is 11.1. The first-order valence-corrected chi connectivity index (χ1v) is 7.08. The van der Waals surface area contributed by atoms with E-state index in [2.05, 4.69) is 10.4 Å². The second kappa shape index (κ2) is 6.74. The van der Waals surface area contributed by atoms with Crippen LogP contribution in [0.3, 0.4) is 0 Å². The highest BCUT2D eigenvalue weighted by atomic mass is 35.5. The maximum atomic E-state index is 11.1. The summed E-state index contributed by atoms with van der Waals surface area (Å²) in [7, 11) is 1.86. The Labute approximate surface area is 128 Å². The first-order chi connectivity index (χ1) is 10.0. The molecule has 0 aliphatic heterocycles. The largest absolute Gasteiger partial charge is 0.478 e. The zero-order valence-corrected chi connectivity index (χ0v) is 12.8. The first kappa shape index (κ1) is 15.5. The summed E-state index contributed by atoms with van der Waals surface area (Å²) in [6.45, 7) is 3.14. The summed E-state index contributed by atoms with van der Waals surface area (Å²) in [5.74, 6) is -0.893. The average Bonchev–Trinajstić information content (AvgIpc) is 2.69. The second-order valence-electron chi connectivity index (χ2n) is 4.86. The smallest absolute Gasteiger partial charge is 0.335 e. The molecular weight excluding hydrogens is 290 g/mol. The maximum Gasteiger partial charge on any atom is 0.335 e. The Kier molecular flexibility index (Phi) is 4.98. The Morgan fingerprint density at radius 1 is 1.43 bits per heavy atom. The van der Waals surface area contributed by atoms with Crippen LogP contribution in [-0.4, -0.2) is 27.4 Å². The van der Waals surface area contributed by atoms with Crippen LogP contribution in [0.4, 0.5) is 0 Å². The van der Waals surface area contributed by atoms with Crippen molar-refractivity contribution in [3.8, 4) is 0 Å². The van der Waals surface area contributed by atoms with Crippen molar-refractivity contribution >= 4 is 17.6 Å². The number of nitrogens with zero attached hydrogens (tertiary/aromatic N) is 2. The van der Waals surface area contributed by atoms with Gasteiger partial charge in [-0.15, -0.1) is 0 Å². The van der Waals surface area contributed by atoms with Gasteiger partial charge in [0, 0.05) is 13.6 Å². The van der Waals surface area contributed by atoms with E-state index in [0.29, 0.717) is 30.1 Å². The summed E-state index contributed by atoms with van der Waals surface area (Å²) in [6, 6.07) is 7.05. The predicted octanol–water partition coefficient (Wildman–Crippen LogP) is 2.41. The van der Waals surface area contributed by atoms with Crippen molar-refractivity contribution < 1.29 is 9.90 Å². The number of nitrogens with one attached hydrogen (secondary N) is 1. The topological polar surface area (TPSA) is 67.2 Å². The highest BCUT2D eigenvalue weighted by Gasteiger charge is 2.11. The van der Waals surface area contributed by atoms with E-state index in [1.165, 1.54) is 0 Å². The Morgan fingerprint density at radius 3 is 2.76 bits per heavy atom. The van der Waals surface area contributed by atoms with E-state index in [1.807, 2.05) is 26.1 Å². The molecule has 2 N–H and O–H groups in total. The van der Waals surface area contributed by atoms with Crippen LogP contribution in [0.15, 0.2) is 24.3 Å². The van der Waals surface area contributed by atoms with Crippen LogP contribution in [0.25, 0.3) is 0 Å². The summed E-state index contributed by atoms with van der Waals surface area (Å²) >= 11 is 6.18. The molecule has 2 aromatic rings. The van der Waals surface area contributed by atoms with Crippen molar-refractivity contribution in [3.63, 3.8) is 0 Å². The van der Waals surface area contributed by atoms with E-state index < -0.39 is 5.97 Å². The lowest BCUT2D eigenvalue weighted by Gasteiger charge is -2.08. The molecule has 0 fully saturated rings. The number of carboxylic acid groups (broad SMARTS) is 1. The Bertz CT molecular complexity index is 652. The van der Waals surface area contributed by atoms with Crippen LogP contribution >= 0.6 is 11.6 Å². The standard InChI is InChI=1S/C15H18ClN3O2/c1-10-14(16)13(19(2)18-10)9-17-8-7-11-5-3-4-6-12(11)15(20)21/h3-6,17H,7-9H2,1-2H3,(H,20,21). The highest BCUT2D eigenvalue weighted by Crippen LogP contribution is 2.18. The number of carboxylic acids is 1. The first-order valence-electron chi connectivity index (χ1n) is 6.70. The third-order valence-electron chi connectivity index (χ3n) is 3.37. The lowest BCUT2D eigenvalue weighted by Crippen LogP contribution is -2.19. The molecule has 5 nitrogen and oxygen atoms in total. The Morgan fingerprint density at radius 2 is 2.14 bits per heavy atom. The minimum Gasteiger partial charge on any atom is -0.478 e. The molecule has 0 saturated heterocycles. The van der Waals surface area contributed by atoms with Crippen molar-refractivity contribution in [2.45, 2.75) is 19.9 Å². The van der Waals surface area contributed by atoms with Gasteiger partial charge in [-0.05, 0) is 31.5 Å². The van der Waals surface area contributed by atoms with Crippen LogP contribution < -0.4 is 5.32 Å². The molecule has 0 spiro atoms. The number of aryl methyl sites for hydroxylation is 2. The molecule has 1 aromatic heterocycles. The maximum absolute atomic E-state index is 11.1. The zero-order chi connectivity index (χ0) is 15.4. The molecule has 0 unspecified atom stereocenters. The van der Waals surface area contributed by atoms with Gasteiger partial charge in [0.15, 0.2) is 0 Å². The normalized spacial score (nSPS) is 10.8. The minimum absolute atomic E-state index is 0.355. The molecule has 112 valence electrons. The number of carbonyl (C=O) groups is 1. The molecule has 6 heteroatoms. The van der Waals surface area contributed by atoms with Crippen molar-refractivity contribution in [3.05, 3.63) is 51.8 Å². The number of hydrogen-bond donors (Lipinski definition) is 2. The summed E-state index contributed by atoms with van der Waals surface area (Å²) in [5, 5.41) is 17.3. The Balaban J connectivity index is 1.92. The van der Waals surface area contributed by atoms with Gasteiger partial charge in [0.05, 0.1) is 22.0 Å². The molecular formula is C15H18ClN3O2. The minimum atomic E-state index is -0.893. The lowest BCUT2D eigenvalue weighted by atomic mass is 10.0. The van der Waals surface area contributed by atoms with E-state index in [0.717, 1.165) is 17.0 Å². The van der Waals surface area contributed by atoms with Gasteiger partial charge in [0.25, 0.3) is 0 Å². The quantitative estimate of drug-likeness (QED) is 0.804. The van der Waals surface area contributed by atoms with Crippen LogP contribution in [-0.2, 0) is 20.0 Å². The van der Waals surface area contributed by atoms with Gasteiger partial charge in [-0.25, -0.2) is 4.79 Å². The third kappa shape index (κ3) is 3.62. The van der Waals surface area contributed by atoms with Gasteiger partial charge in [-0.1, -0.05) is 29.8 Å². The van der Waals surface area contributed by atoms with Crippen molar-refractivity contribution in [2.24, 2.45) is 7.05 Å². The fraction of sp³-hybridized carbons (Fsp3) is 0.333. The number of halogens is 1. The van der Waals surface area contributed by atoms with Gasteiger partial charge in [0.2, 0.25) is 0 Å². The molecule has 0 saturated carbocycles. The van der Waals surface area contributed by atoms with Crippen molar-refractivity contribution in [1.82, 2.24) is 15.1 Å². The SMILES string of the molecule is Cc1nn(C)c(CNCCc2ccccc2C(=O)O)c1Cl. The number of aromatic carboxylic acids is 1. The third-order valence-corrected chi connectivity index (χ3v) is 3.86. The van der Waals surface area contributed by atoms with Gasteiger partial charge in [0.1, 0.15) is 0 Å². The summed E-state index contributed by atoms with van der Waals surface area (Å²) < 4.78 is 1.76.